The van der Waals surface area contributed by atoms with E-state index in [9.17, 15) is 0 Å². The summed E-state index contributed by atoms with van der Waals surface area (Å²) in [5.41, 5.74) is 6.37. The van der Waals surface area contributed by atoms with Gasteiger partial charge >= 0.3 is 0 Å². The molecule has 0 saturated heterocycles. The molecule has 0 aromatic heterocycles. The zero-order valence-electron chi connectivity index (χ0n) is 9.74. The van der Waals surface area contributed by atoms with Gasteiger partial charge in [0.1, 0.15) is 11.5 Å². The van der Waals surface area contributed by atoms with Crippen LogP contribution in [0.3, 0.4) is 0 Å². The van der Waals surface area contributed by atoms with Gasteiger partial charge in [-0.1, -0.05) is 19.3 Å². The molecule has 2 rings (SSSR count). The van der Waals surface area contributed by atoms with E-state index in [0.29, 0.717) is 11.4 Å². The molecular formula is C13H19NO2. The number of anilines is 1. The van der Waals surface area contributed by atoms with E-state index in [1.54, 1.807) is 7.11 Å². The molecule has 1 aromatic rings. The molecule has 2 N–H and O–H groups in total. The van der Waals surface area contributed by atoms with Gasteiger partial charge in [0.15, 0.2) is 0 Å². The molecule has 1 aliphatic rings. The Bertz CT molecular complexity index is 348. The lowest BCUT2D eigenvalue weighted by atomic mass is 9.83. The third-order valence-corrected chi connectivity index (χ3v) is 3.22. The van der Waals surface area contributed by atoms with Gasteiger partial charge in [-0.15, -0.1) is 0 Å². The summed E-state index contributed by atoms with van der Waals surface area (Å²) < 4.78 is 10.8. The molecule has 1 aliphatic carbocycles. The van der Waals surface area contributed by atoms with E-state index in [1.165, 1.54) is 19.3 Å². The van der Waals surface area contributed by atoms with E-state index in [-0.39, 0.29) is 0 Å². The fourth-order valence-corrected chi connectivity index (χ4v) is 1.91. The fraction of sp³-hybridized carbons (Fsp3) is 0.538. The van der Waals surface area contributed by atoms with Crippen LogP contribution >= 0.6 is 0 Å². The number of ether oxygens (including phenoxy) is 2. The zero-order chi connectivity index (χ0) is 11.4. The normalized spacial score (nSPS) is 15.6. The fourth-order valence-electron chi connectivity index (χ4n) is 1.91. The molecule has 0 bridgehead atoms. The summed E-state index contributed by atoms with van der Waals surface area (Å²) in [7, 11) is 1.61. The number of hydrogen-bond acceptors (Lipinski definition) is 3. The average molecular weight is 221 g/mol. The van der Waals surface area contributed by atoms with Gasteiger partial charge in [-0.3, -0.25) is 0 Å². The molecule has 88 valence electrons. The summed E-state index contributed by atoms with van der Waals surface area (Å²) >= 11 is 0. The van der Waals surface area contributed by atoms with Gasteiger partial charge in [0.05, 0.1) is 19.4 Å². The molecule has 3 heteroatoms. The highest BCUT2D eigenvalue weighted by molar-refractivity contribution is 5.55. The average Bonchev–Trinajstić information content (AvgIpc) is 2.24. The van der Waals surface area contributed by atoms with Crippen LogP contribution in [0.4, 0.5) is 5.69 Å². The first-order chi connectivity index (χ1) is 7.79. The van der Waals surface area contributed by atoms with Crippen LogP contribution in [0, 0.1) is 5.92 Å². The molecule has 3 nitrogen and oxygen atoms in total. The minimum absolute atomic E-state index is 0.647. The minimum Gasteiger partial charge on any atom is -0.494 e. The van der Waals surface area contributed by atoms with Crippen molar-refractivity contribution in [3.63, 3.8) is 0 Å². The predicted molar refractivity (Wildman–Crippen MR) is 64.9 cm³/mol. The number of methoxy groups -OCH3 is 1. The summed E-state index contributed by atoms with van der Waals surface area (Å²) in [6.07, 6.45) is 5.29. The van der Waals surface area contributed by atoms with Crippen molar-refractivity contribution in [1.82, 2.24) is 0 Å². The maximum Gasteiger partial charge on any atom is 0.145 e. The third kappa shape index (κ3) is 2.60. The molecule has 1 aromatic carbocycles. The Morgan fingerprint density at radius 3 is 2.81 bits per heavy atom. The Morgan fingerprint density at radius 2 is 2.19 bits per heavy atom. The topological polar surface area (TPSA) is 44.5 Å². The van der Waals surface area contributed by atoms with E-state index in [0.717, 1.165) is 24.7 Å². The Balaban J connectivity index is 1.83. The van der Waals surface area contributed by atoms with Crippen molar-refractivity contribution in [3.05, 3.63) is 18.2 Å². The van der Waals surface area contributed by atoms with Gasteiger partial charge in [-0.25, -0.2) is 0 Å². The van der Waals surface area contributed by atoms with Crippen LogP contribution in [-0.2, 0) is 0 Å². The summed E-state index contributed by atoms with van der Waals surface area (Å²) in [4.78, 5) is 0. The van der Waals surface area contributed by atoms with Gasteiger partial charge < -0.3 is 15.2 Å². The van der Waals surface area contributed by atoms with Crippen LogP contribution in [-0.4, -0.2) is 13.7 Å². The van der Waals surface area contributed by atoms with Crippen molar-refractivity contribution in [2.24, 2.45) is 5.92 Å². The lowest BCUT2D eigenvalue weighted by Crippen LogP contribution is -2.14. The van der Waals surface area contributed by atoms with E-state index < -0.39 is 0 Å². The second-order valence-corrected chi connectivity index (χ2v) is 4.34. The van der Waals surface area contributed by atoms with Crippen LogP contribution in [0.5, 0.6) is 11.5 Å². The number of benzene rings is 1. The van der Waals surface area contributed by atoms with Crippen LogP contribution in [0.2, 0.25) is 0 Å². The number of nitrogen functional groups attached to an aromatic ring is 1. The van der Waals surface area contributed by atoms with E-state index in [4.69, 9.17) is 15.2 Å². The van der Waals surface area contributed by atoms with Crippen LogP contribution < -0.4 is 15.2 Å². The first-order valence-corrected chi connectivity index (χ1v) is 5.86. The second-order valence-electron chi connectivity index (χ2n) is 4.34. The standard InChI is InChI=1S/C13H19NO2/c1-15-13-9-11(5-6-12(13)14)16-8-7-10-3-2-4-10/h5-6,9-10H,2-4,7-8,14H2,1H3. The third-order valence-electron chi connectivity index (χ3n) is 3.22. The smallest absolute Gasteiger partial charge is 0.145 e. The molecule has 16 heavy (non-hydrogen) atoms. The highest BCUT2D eigenvalue weighted by atomic mass is 16.5. The summed E-state index contributed by atoms with van der Waals surface area (Å²) in [6, 6.07) is 5.55. The number of nitrogens with two attached hydrogens (primary N) is 1. The Kier molecular flexibility index (Phi) is 3.54. The first kappa shape index (κ1) is 11.1. The van der Waals surface area contributed by atoms with Gasteiger partial charge in [-0.05, 0) is 24.5 Å². The molecule has 0 radical (unpaired) electrons. The van der Waals surface area contributed by atoms with Gasteiger partial charge in [-0.2, -0.15) is 0 Å². The molecule has 0 atom stereocenters. The first-order valence-electron chi connectivity index (χ1n) is 5.86. The number of rotatable bonds is 5. The van der Waals surface area contributed by atoms with Crippen molar-refractivity contribution in [2.45, 2.75) is 25.7 Å². The number of hydrogen-bond donors (Lipinski definition) is 1. The quantitative estimate of drug-likeness (QED) is 0.777. The zero-order valence-corrected chi connectivity index (χ0v) is 9.74. The molecule has 0 heterocycles. The maximum absolute atomic E-state index is 5.73. The Labute approximate surface area is 96.5 Å². The molecule has 0 unspecified atom stereocenters. The van der Waals surface area contributed by atoms with Crippen molar-refractivity contribution < 1.29 is 9.47 Å². The predicted octanol–water partition coefficient (Wildman–Crippen LogP) is 2.85. The van der Waals surface area contributed by atoms with Gasteiger partial charge in [0.25, 0.3) is 0 Å². The van der Waals surface area contributed by atoms with Crippen LogP contribution in [0.1, 0.15) is 25.7 Å². The largest absolute Gasteiger partial charge is 0.494 e. The van der Waals surface area contributed by atoms with Crippen molar-refractivity contribution in [3.8, 4) is 11.5 Å². The lowest BCUT2D eigenvalue weighted by molar-refractivity contribution is 0.221. The highest BCUT2D eigenvalue weighted by Crippen LogP contribution is 2.30. The minimum atomic E-state index is 0.647. The second kappa shape index (κ2) is 5.10. The molecular weight excluding hydrogens is 202 g/mol. The maximum atomic E-state index is 5.73. The van der Waals surface area contributed by atoms with Gasteiger partial charge in [0, 0.05) is 6.07 Å². The molecule has 0 aliphatic heterocycles. The van der Waals surface area contributed by atoms with Crippen molar-refractivity contribution >= 4 is 5.69 Å². The lowest BCUT2D eigenvalue weighted by Gasteiger charge is -2.25. The van der Waals surface area contributed by atoms with Crippen LogP contribution in [0.25, 0.3) is 0 Å². The monoisotopic (exact) mass is 221 g/mol. The van der Waals surface area contributed by atoms with Crippen molar-refractivity contribution in [1.29, 1.82) is 0 Å². The van der Waals surface area contributed by atoms with Crippen molar-refractivity contribution in [2.75, 3.05) is 19.5 Å². The summed E-state index contributed by atoms with van der Waals surface area (Å²) in [5.74, 6) is 2.40. The van der Waals surface area contributed by atoms with E-state index in [1.807, 2.05) is 18.2 Å². The van der Waals surface area contributed by atoms with Crippen LogP contribution in [0.15, 0.2) is 18.2 Å². The molecule has 1 fully saturated rings. The highest BCUT2D eigenvalue weighted by Gasteiger charge is 2.16. The van der Waals surface area contributed by atoms with E-state index in [2.05, 4.69) is 0 Å². The molecule has 0 amide bonds. The van der Waals surface area contributed by atoms with E-state index >= 15 is 0 Å². The Morgan fingerprint density at radius 1 is 1.38 bits per heavy atom. The Hall–Kier alpha value is -1.38. The summed E-state index contributed by atoms with van der Waals surface area (Å²) in [6.45, 7) is 0.789. The molecule has 1 saturated carbocycles. The van der Waals surface area contributed by atoms with Gasteiger partial charge in [0.2, 0.25) is 0 Å². The molecule has 0 spiro atoms. The SMILES string of the molecule is COc1cc(OCCC2CCC2)ccc1N. The summed E-state index contributed by atoms with van der Waals surface area (Å²) in [5, 5.41) is 0.